The molecule has 0 amide bonds. The Kier molecular flexibility index (Phi) is 7.61. The van der Waals surface area contributed by atoms with E-state index < -0.39 is 0 Å². The third-order valence-electron chi connectivity index (χ3n) is 5.10. The molecule has 0 aliphatic carbocycles. The van der Waals surface area contributed by atoms with Crippen molar-refractivity contribution in [2.45, 2.75) is 52.7 Å². The van der Waals surface area contributed by atoms with Crippen molar-refractivity contribution in [3.05, 3.63) is 99.5 Å². The molecule has 2 aromatic carbocycles. The van der Waals surface area contributed by atoms with Crippen LogP contribution in [0, 0.1) is 0 Å². The van der Waals surface area contributed by atoms with E-state index in [1.165, 1.54) is 21.8 Å². The largest absolute Gasteiger partial charge is 0.489 e. The molecule has 0 atom stereocenters. The highest BCUT2D eigenvalue weighted by Crippen LogP contribution is 2.17. The Hall–Kier alpha value is -3.14. The van der Waals surface area contributed by atoms with Gasteiger partial charge in [0, 0.05) is 17.8 Å². The first-order valence-electron chi connectivity index (χ1n) is 10.6. The van der Waals surface area contributed by atoms with E-state index in [1.807, 2.05) is 42.5 Å². The maximum Gasteiger partial charge on any atom is 0.254 e. The lowest BCUT2D eigenvalue weighted by Gasteiger charge is -2.12. The second kappa shape index (κ2) is 10.6. The van der Waals surface area contributed by atoms with Crippen LogP contribution in [0.15, 0.2) is 71.7 Å². The molecule has 0 unspecified atom stereocenters. The van der Waals surface area contributed by atoms with Gasteiger partial charge in [0.15, 0.2) is 5.78 Å². The predicted molar refractivity (Wildman–Crippen MR) is 120 cm³/mol. The van der Waals surface area contributed by atoms with Crippen molar-refractivity contribution in [3.63, 3.8) is 0 Å². The van der Waals surface area contributed by atoms with Crippen molar-refractivity contribution in [2.24, 2.45) is 0 Å². The van der Waals surface area contributed by atoms with Crippen LogP contribution in [0.4, 0.5) is 0 Å². The third-order valence-corrected chi connectivity index (χ3v) is 5.10. The molecular weight excluding hydrogens is 374 g/mol. The van der Waals surface area contributed by atoms with Crippen molar-refractivity contribution in [2.75, 3.05) is 0 Å². The Balaban J connectivity index is 1.69. The minimum absolute atomic E-state index is 0.0243. The first-order valence-corrected chi connectivity index (χ1v) is 10.6. The van der Waals surface area contributed by atoms with Gasteiger partial charge in [-0.05, 0) is 41.7 Å². The molecule has 0 radical (unpaired) electrons. The minimum atomic E-state index is -0.245. The van der Waals surface area contributed by atoms with E-state index in [9.17, 15) is 9.59 Å². The second-order valence-electron chi connectivity index (χ2n) is 7.51. The maximum atomic E-state index is 12.8. The molecule has 0 spiro atoms. The van der Waals surface area contributed by atoms with E-state index >= 15 is 0 Å². The number of hydrogen-bond acceptors (Lipinski definition) is 3. The van der Waals surface area contributed by atoms with Gasteiger partial charge < -0.3 is 9.30 Å². The van der Waals surface area contributed by atoms with Gasteiger partial charge in [-0.25, -0.2) is 0 Å². The highest BCUT2D eigenvalue weighted by Gasteiger charge is 2.11. The lowest BCUT2D eigenvalue weighted by Crippen LogP contribution is -2.23. The number of nitrogens with zero attached hydrogens (tertiary/aromatic N) is 1. The van der Waals surface area contributed by atoms with Crippen molar-refractivity contribution >= 4 is 5.78 Å². The maximum absolute atomic E-state index is 12.8. The van der Waals surface area contributed by atoms with Crippen molar-refractivity contribution < 1.29 is 9.53 Å². The predicted octanol–water partition coefficient (Wildman–Crippen LogP) is 5.22. The van der Waals surface area contributed by atoms with Crippen molar-refractivity contribution in [1.82, 2.24) is 4.57 Å². The molecule has 0 bridgehead atoms. The van der Waals surface area contributed by atoms with E-state index in [0.717, 1.165) is 31.2 Å². The van der Waals surface area contributed by atoms with Gasteiger partial charge in [0.05, 0.1) is 6.54 Å². The number of rotatable bonds is 10. The van der Waals surface area contributed by atoms with Crippen LogP contribution in [0.2, 0.25) is 0 Å². The SMILES string of the molecule is CCCc1ccc(C(=O)Cn2ccc(OCc3ccccc3)cc2=O)cc1CCC. The topological polar surface area (TPSA) is 48.3 Å². The zero-order valence-electron chi connectivity index (χ0n) is 17.8. The van der Waals surface area contributed by atoms with Crippen molar-refractivity contribution in [3.8, 4) is 5.75 Å². The summed E-state index contributed by atoms with van der Waals surface area (Å²) >= 11 is 0. The van der Waals surface area contributed by atoms with E-state index in [0.29, 0.717) is 17.9 Å². The summed E-state index contributed by atoms with van der Waals surface area (Å²) in [5.74, 6) is 0.442. The highest BCUT2D eigenvalue weighted by molar-refractivity contribution is 5.96. The number of ketones is 1. The van der Waals surface area contributed by atoms with Crippen molar-refractivity contribution in [1.29, 1.82) is 0 Å². The molecule has 3 aromatic rings. The zero-order valence-corrected chi connectivity index (χ0v) is 17.8. The van der Waals surface area contributed by atoms with Crippen LogP contribution in [0.25, 0.3) is 0 Å². The second-order valence-corrected chi connectivity index (χ2v) is 7.51. The van der Waals surface area contributed by atoms with Crippen LogP contribution >= 0.6 is 0 Å². The summed E-state index contributed by atoms with van der Waals surface area (Å²) in [5.41, 5.74) is 4.00. The molecule has 4 heteroatoms. The normalized spacial score (nSPS) is 10.7. The van der Waals surface area contributed by atoms with Gasteiger partial charge in [0.2, 0.25) is 0 Å². The monoisotopic (exact) mass is 403 g/mol. The number of aryl methyl sites for hydroxylation is 2. The molecule has 1 aromatic heterocycles. The summed E-state index contributed by atoms with van der Waals surface area (Å²) in [6.07, 6.45) is 5.73. The first kappa shape index (κ1) is 21.6. The zero-order chi connectivity index (χ0) is 21.3. The van der Waals surface area contributed by atoms with Gasteiger partial charge in [0.25, 0.3) is 5.56 Å². The lowest BCUT2D eigenvalue weighted by molar-refractivity contribution is 0.0970. The van der Waals surface area contributed by atoms with Crippen LogP contribution in [-0.4, -0.2) is 10.4 Å². The fourth-order valence-corrected chi connectivity index (χ4v) is 3.51. The summed E-state index contributed by atoms with van der Waals surface area (Å²) < 4.78 is 7.13. The standard InChI is InChI=1S/C26H29NO3/c1-3-8-21-12-13-23(16-22(21)9-4-2)25(28)18-27-15-14-24(17-26(27)29)30-19-20-10-6-5-7-11-20/h5-7,10-17H,3-4,8-9,18-19H2,1-2H3. The molecule has 0 saturated heterocycles. The molecular formula is C26H29NO3. The Labute approximate surface area is 178 Å². The van der Waals surface area contributed by atoms with E-state index in [1.54, 1.807) is 12.3 Å². The molecule has 0 aliphatic rings. The summed E-state index contributed by atoms with van der Waals surface area (Å²) in [6.45, 7) is 4.73. The van der Waals surface area contributed by atoms with Crippen LogP contribution in [0.3, 0.4) is 0 Å². The number of carbonyl (C=O) groups is 1. The number of Topliss-reactive ketones (excluding diaryl/α,β-unsaturated/α-hetero) is 1. The fourth-order valence-electron chi connectivity index (χ4n) is 3.51. The molecule has 0 saturated carbocycles. The molecule has 3 rings (SSSR count). The summed E-state index contributed by atoms with van der Waals surface area (Å²) in [4.78, 5) is 25.3. The molecule has 0 fully saturated rings. The van der Waals surface area contributed by atoms with Gasteiger partial charge >= 0.3 is 0 Å². The Bertz CT molecular complexity index is 1040. The lowest BCUT2D eigenvalue weighted by atomic mass is 9.96. The minimum Gasteiger partial charge on any atom is -0.489 e. The molecule has 30 heavy (non-hydrogen) atoms. The average Bonchev–Trinajstić information content (AvgIpc) is 2.76. The summed E-state index contributed by atoms with van der Waals surface area (Å²) in [7, 11) is 0. The fraction of sp³-hybridized carbons (Fsp3) is 0.308. The number of hydrogen-bond donors (Lipinski definition) is 0. The number of carbonyl (C=O) groups excluding carboxylic acids is 1. The van der Waals surface area contributed by atoms with Crippen LogP contribution < -0.4 is 10.3 Å². The smallest absolute Gasteiger partial charge is 0.254 e. The molecule has 0 aliphatic heterocycles. The van der Waals surface area contributed by atoms with Crippen LogP contribution in [0.5, 0.6) is 5.75 Å². The molecule has 4 nitrogen and oxygen atoms in total. The molecule has 0 N–H and O–H groups in total. The van der Waals surface area contributed by atoms with Gasteiger partial charge in [-0.2, -0.15) is 0 Å². The Morgan fingerprint density at radius 1 is 0.900 bits per heavy atom. The number of ether oxygens (including phenoxy) is 1. The van der Waals surface area contributed by atoms with E-state index in [2.05, 4.69) is 19.9 Å². The first-order chi connectivity index (χ1) is 14.6. The number of pyridine rings is 1. The van der Waals surface area contributed by atoms with Gasteiger partial charge in [-0.1, -0.05) is 69.2 Å². The third kappa shape index (κ3) is 5.69. The summed E-state index contributed by atoms with van der Waals surface area (Å²) in [5, 5.41) is 0. The Morgan fingerprint density at radius 2 is 1.63 bits per heavy atom. The van der Waals surface area contributed by atoms with E-state index in [-0.39, 0.29) is 17.9 Å². The molecule has 1 heterocycles. The quantitative estimate of drug-likeness (QED) is 0.436. The van der Waals surface area contributed by atoms with Gasteiger partial charge in [-0.15, -0.1) is 0 Å². The highest BCUT2D eigenvalue weighted by atomic mass is 16.5. The van der Waals surface area contributed by atoms with Crippen LogP contribution in [0.1, 0.15) is 53.7 Å². The van der Waals surface area contributed by atoms with Gasteiger partial charge in [-0.3, -0.25) is 9.59 Å². The van der Waals surface area contributed by atoms with Gasteiger partial charge in [0.1, 0.15) is 12.4 Å². The summed E-state index contributed by atoms with van der Waals surface area (Å²) in [6, 6.07) is 18.9. The molecule has 156 valence electrons. The van der Waals surface area contributed by atoms with Crippen LogP contribution in [-0.2, 0) is 26.0 Å². The average molecular weight is 404 g/mol. The Morgan fingerprint density at radius 3 is 2.33 bits per heavy atom. The van der Waals surface area contributed by atoms with E-state index in [4.69, 9.17) is 4.74 Å². The number of benzene rings is 2. The number of aromatic nitrogens is 1.